The maximum Gasteiger partial charge on any atom is 0.322 e. The maximum absolute atomic E-state index is 12.5. The molecule has 2 aromatic rings. The highest BCUT2D eigenvalue weighted by molar-refractivity contribution is 7.89. The van der Waals surface area contributed by atoms with Crippen LogP contribution in [0.3, 0.4) is 0 Å². The van der Waals surface area contributed by atoms with Crippen molar-refractivity contribution in [3.05, 3.63) is 29.9 Å². The van der Waals surface area contributed by atoms with Crippen LogP contribution in [0.15, 0.2) is 27.6 Å². The number of nitrogens with zero attached hydrogens (tertiary/aromatic N) is 4. The Labute approximate surface area is 158 Å². The van der Waals surface area contributed by atoms with Crippen LogP contribution in [0.4, 0.5) is 10.5 Å². The normalized spacial score (nSPS) is 11.5. The molecular weight excluding hydrogens is 374 g/mol. The molecule has 0 aliphatic carbocycles. The van der Waals surface area contributed by atoms with E-state index in [0.29, 0.717) is 23.9 Å². The summed E-state index contributed by atoms with van der Waals surface area (Å²) < 4.78 is 36.0. The first-order chi connectivity index (χ1) is 12.7. The second-order valence-electron chi connectivity index (χ2n) is 5.89. The summed E-state index contributed by atoms with van der Waals surface area (Å²) in [5.74, 6) is 1.20. The highest BCUT2D eigenvalue weighted by Crippen LogP contribution is 2.28. The summed E-state index contributed by atoms with van der Waals surface area (Å²) in [5, 5.41) is 6.42. The lowest BCUT2D eigenvalue weighted by molar-refractivity contribution is 0.213. The van der Waals surface area contributed by atoms with Gasteiger partial charge in [-0.25, -0.2) is 17.5 Å². The van der Waals surface area contributed by atoms with Gasteiger partial charge in [0.1, 0.15) is 12.3 Å². The predicted molar refractivity (Wildman–Crippen MR) is 98.0 cm³/mol. The van der Waals surface area contributed by atoms with Crippen LogP contribution in [0, 0.1) is 0 Å². The van der Waals surface area contributed by atoms with Crippen LogP contribution in [0.25, 0.3) is 0 Å². The number of hydrogen-bond donors (Lipinski definition) is 1. The van der Waals surface area contributed by atoms with E-state index in [1.807, 2.05) is 6.92 Å². The molecule has 2 rings (SSSR count). The number of amides is 2. The molecule has 0 radical (unpaired) electrons. The summed E-state index contributed by atoms with van der Waals surface area (Å²) in [6.07, 6.45) is 0.629. The van der Waals surface area contributed by atoms with Gasteiger partial charge in [-0.1, -0.05) is 12.1 Å². The van der Waals surface area contributed by atoms with Crippen molar-refractivity contribution in [1.29, 1.82) is 0 Å². The SMILES string of the molecule is CCc1noc(CN(C)C(=O)Nc2cc(S(=O)(=O)N(C)C)ccc2OC)n1. The Morgan fingerprint density at radius 1 is 1.30 bits per heavy atom. The quantitative estimate of drug-likeness (QED) is 0.753. The van der Waals surface area contributed by atoms with Crippen LogP contribution in [0.1, 0.15) is 18.6 Å². The number of rotatable bonds is 7. The van der Waals surface area contributed by atoms with Crippen LogP contribution in [0.2, 0.25) is 0 Å². The summed E-state index contributed by atoms with van der Waals surface area (Å²) in [6, 6.07) is 3.77. The molecule has 148 valence electrons. The Morgan fingerprint density at radius 2 is 2.00 bits per heavy atom. The zero-order valence-corrected chi connectivity index (χ0v) is 16.7. The zero-order valence-electron chi connectivity index (χ0n) is 15.9. The molecule has 0 unspecified atom stereocenters. The fraction of sp³-hybridized carbons (Fsp3) is 0.438. The Hall–Kier alpha value is -2.66. The molecule has 0 fully saturated rings. The van der Waals surface area contributed by atoms with Gasteiger partial charge in [-0.15, -0.1) is 0 Å². The summed E-state index contributed by atoms with van der Waals surface area (Å²) >= 11 is 0. The van der Waals surface area contributed by atoms with Crippen LogP contribution >= 0.6 is 0 Å². The summed E-state index contributed by atoms with van der Waals surface area (Å²) in [4.78, 5) is 18.0. The van der Waals surface area contributed by atoms with E-state index in [1.54, 1.807) is 7.05 Å². The highest BCUT2D eigenvalue weighted by Gasteiger charge is 2.21. The van der Waals surface area contributed by atoms with Crippen molar-refractivity contribution >= 4 is 21.7 Å². The van der Waals surface area contributed by atoms with Gasteiger partial charge < -0.3 is 19.5 Å². The average molecular weight is 397 g/mol. The van der Waals surface area contributed by atoms with Crippen molar-refractivity contribution in [2.45, 2.75) is 24.8 Å². The fourth-order valence-electron chi connectivity index (χ4n) is 2.14. The molecule has 0 saturated carbocycles. The number of aromatic nitrogens is 2. The maximum atomic E-state index is 12.5. The predicted octanol–water partition coefficient (Wildman–Crippen LogP) is 1.55. The van der Waals surface area contributed by atoms with Crippen LogP contribution < -0.4 is 10.1 Å². The van der Waals surface area contributed by atoms with E-state index in [2.05, 4.69) is 15.5 Å². The van der Waals surface area contributed by atoms with Gasteiger partial charge in [-0.05, 0) is 18.2 Å². The van der Waals surface area contributed by atoms with E-state index in [9.17, 15) is 13.2 Å². The second kappa shape index (κ2) is 8.35. The standard InChI is InChI=1S/C16H23N5O5S/c1-6-14-18-15(26-19-14)10-21(4)16(22)17-12-9-11(7-8-13(12)25-5)27(23,24)20(2)3/h7-9H,6,10H2,1-5H3,(H,17,22). The van der Waals surface area contributed by atoms with Gasteiger partial charge in [0.25, 0.3) is 0 Å². The molecule has 1 heterocycles. The number of hydrogen-bond acceptors (Lipinski definition) is 7. The number of nitrogens with one attached hydrogen (secondary N) is 1. The highest BCUT2D eigenvalue weighted by atomic mass is 32.2. The van der Waals surface area contributed by atoms with Crippen molar-refractivity contribution in [3.63, 3.8) is 0 Å². The van der Waals surface area contributed by atoms with Gasteiger partial charge in [0, 0.05) is 27.6 Å². The minimum Gasteiger partial charge on any atom is -0.495 e. The number of anilines is 1. The van der Waals surface area contributed by atoms with Gasteiger partial charge >= 0.3 is 6.03 Å². The van der Waals surface area contributed by atoms with Crippen molar-refractivity contribution in [2.24, 2.45) is 0 Å². The minimum absolute atomic E-state index is 0.0377. The molecule has 0 bridgehead atoms. The molecular formula is C16H23N5O5S. The Kier molecular flexibility index (Phi) is 6.39. The summed E-state index contributed by atoms with van der Waals surface area (Å²) in [7, 11) is 2.20. The summed E-state index contributed by atoms with van der Waals surface area (Å²) in [5.41, 5.74) is 0.233. The van der Waals surface area contributed by atoms with Crippen LogP contribution in [-0.4, -0.2) is 62.0 Å². The van der Waals surface area contributed by atoms with E-state index < -0.39 is 16.1 Å². The zero-order chi connectivity index (χ0) is 20.2. The molecule has 1 aromatic carbocycles. The first-order valence-electron chi connectivity index (χ1n) is 8.13. The van der Waals surface area contributed by atoms with E-state index in [4.69, 9.17) is 9.26 Å². The molecule has 11 heteroatoms. The molecule has 0 atom stereocenters. The monoisotopic (exact) mass is 397 g/mol. The van der Waals surface area contributed by atoms with E-state index >= 15 is 0 Å². The third-order valence-corrected chi connectivity index (χ3v) is 5.55. The largest absolute Gasteiger partial charge is 0.495 e. The van der Waals surface area contributed by atoms with E-state index in [0.717, 1.165) is 4.31 Å². The van der Waals surface area contributed by atoms with Crippen LogP contribution in [-0.2, 0) is 23.0 Å². The topological polar surface area (TPSA) is 118 Å². The van der Waals surface area contributed by atoms with Crippen molar-refractivity contribution < 1.29 is 22.5 Å². The first kappa shape index (κ1) is 20.6. The Morgan fingerprint density at radius 3 is 2.56 bits per heavy atom. The number of benzene rings is 1. The lowest BCUT2D eigenvalue weighted by Crippen LogP contribution is -2.31. The number of carbonyl (C=O) groups excluding carboxylic acids is 1. The number of methoxy groups -OCH3 is 1. The third-order valence-electron chi connectivity index (χ3n) is 3.74. The molecule has 27 heavy (non-hydrogen) atoms. The smallest absolute Gasteiger partial charge is 0.322 e. The van der Waals surface area contributed by atoms with Crippen molar-refractivity contribution in [2.75, 3.05) is 33.6 Å². The number of aryl methyl sites for hydroxylation is 1. The van der Waals surface area contributed by atoms with E-state index in [-0.39, 0.29) is 17.1 Å². The number of sulfonamides is 1. The molecule has 1 aromatic heterocycles. The average Bonchev–Trinajstić information content (AvgIpc) is 3.08. The molecule has 2 amide bonds. The first-order valence-corrected chi connectivity index (χ1v) is 9.57. The fourth-order valence-corrected chi connectivity index (χ4v) is 3.07. The van der Waals surface area contributed by atoms with Gasteiger partial charge in [0.2, 0.25) is 15.9 Å². The van der Waals surface area contributed by atoms with Gasteiger partial charge in [-0.3, -0.25) is 0 Å². The third kappa shape index (κ3) is 4.74. The van der Waals surface area contributed by atoms with Gasteiger partial charge in [0.15, 0.2) is 5.82 Å². The summed E-state index contributed by atoms with van der Waals surface area (Å²) in [6.45, 7) is 2.00. The van der Waals surface area contributed by atoms with Gasteiger partial charge in [0.05, 0.1) is 17.7 Å². The molecule has 0 aliphatic rings. The number of urea groups is 1. The Balaban J connectivity index is 2.20. The van der Waals surface area contributed by atoms with Crippen molar-refractivity contribution in [1.82, 2.24) is 19.3 Å². The molecule has 0 spiro atoms. The van der Waals surface area contributed by atoms with E-state index in [1.165, 1.54) is 44.3 Å². The molecule has 0 aliphatic heterocycles. The number of ether oxygens (including phenoxy) is 1. The lowest BCUT2D eigenvalue weighted by atomic mass is 10.3. The second-order valence-corrected chi connectivity index (χ2v) is 8.05. The molecule has 1 N–H and O–H groups in total. The number of carbonyl (C=O) groups is 1. The lowest BCUT2D eigenvalue weighted by Gasteiger charge is -2.18. The Bertz CT molecular complexity index is 910. The minimum atomic E-state index is -3.65. The van der Waals surface area contributed by atoms with Crippen LogP contribution in [0.5, 0.6) is 5.75 Å². The van der Waals surface area contributed by atoms with Crippen molar-refractivity contribution in [3.8, 4) is 5.75 Å². The molecule has 10 nitrogen and oxygen atoms in total. The molecule has 0 saturated heterocycles. The van der Waals surface area contributed by atoms with Gasteiger partial charge in [-0.2, -0.15) is 4.98 Å².